The number of hydrogen-bond acceptors (Lipinski definition) is 1. The lowest BCUT2D eigenvalue weighted by Gasteiger charge is -2.01. The van der Waals surface area contributed by atoms with Crippen LogP contribution in [0.5, 0.6) is 0 Å². The SMILES string of the molecule is O=c1c(=Cc2ccc(-c3ccccc3)cc2)c2cccc3cccc1c32. The average molecular weight is 332 g/mol. The highest BCUT2D eigenvalue weighted by Crippen LogP contribution is 2.23. The maximum absolute atomic E-state index is 12.9. The van der Waals surface area contributed by atoms with E-state index < -0.39 is 0 Å². The molecule has 0 aliphatic carbocycles. The van der Waals surface area contributed by atoms with Crippen LogP contribution in [0, 0.1) is 0 Å². The van der Waals surface area contributed by atoms with Gasteiger partial charge in [-0.3, -0.25) is 4.79 Å². The maximum atomic E-state index is 12.9. The molecule has 0 aliphatic rings. The van der Waals surface area contributed by atoms with Gasteiger partial charge in [0.05, 0.1) is 0 Å². The minimum Gasteiger partial charge on any atom is -0.289 e. The summed E-state index contributed by atoms with van der Waals surface area (Å²) in [4.78, 5) is 12.9. The Balaban J connectivity index is 1.69. The van der Waals surface area contributed by atoms with E-state index in [9.17, 15) is 4.79 Å². The third kappa shape index (κ3) is 2.29. The minimum absolute atomic E-state index is 0.115. The first-order valence-corrected chi connectivity index (χ1v) is 8.75. The highest BCUT2D eigenvalue weighted by molar-refractivity contribution is 6.12. The zero-order chi connectivity index (χ0) is 17.5. The van der Waals surface area contributed by atoms with Crippen LogP contribution in [0.1, 0.15) is 5.56 Å². The van der Waals surface area contributed by atoms with E-state index in [2.05, 4.69) is 48.5 Å². The van der Waals surface area contributed by atoms with E-state index in [0.29, 0.717) is 0 Å². The third-order valence-electron chi connectivity index (χ3n) is 5.01. The highest BCUT2D eigenvalue weighted by Gasteiger charge is 2.10. The van der Waals surface area contributed by atoms with Crippen LogP contribution in [-0.2, 0) is 0 Å². The fraction of sp³-hybridized carbons (Fsp3) is 0. The van der Waals surface area contributed by atoms with Crippen molar-refractivity contribution in [3.05, 3.63) is 112 Å². The number of rotatable bonds is 2. The number of benzene rings is 4. The van der Waals surface area contributed by atoms with Gasteiger partial charge in [-0.25, -0.2) is 0 Å². The van der Waals surface area contributed by atoms with Gasteiger partial charge in [-0.1, -0.05) is 91.0 Å². The van der Waals surface area contributed by atoms with Crippen molar-refractivity contribution in [3.63, 3.8) is 0 Å². The minimum atomic E-state index is 0.115. The molecule has 5 aromatic carbocycles. The van der Waals surface area contributed by atoms with Crippen molar-refractivity contribution in [1.29, 1.82) is 0 Å². The Bertz CT molecular complexity index is 1310. The summed E-state index contributed by atoms with van der Waals surface area (Å²) >= 11 is 0. The summed E-state index contributed by atoms with van der Waals surface area (Å²) in [5, 5.41) is 4.83. The molecule has 0 saturated carbocycles. The molecule has 0 bridgehead atoms. The molecule has 0 radical (unpaired) electrons. The summed E-state index contributed by atoms with van der Waals surface area (Å²) in [5.74, 6) is 0. The summed E-state index contributed by atoms with van der Waals surface area (Å²) < 4.78 is 0. The van der Waals surface area contributed by atoms with Crippen molar-refractivity contribution in [2.24, 2.45) is 0 Å². The van der Waals surface area contributed by atoms with Crippen molar-refractivity contribution in [1.82, 2.24) is 0 Å². The summed E-state index contributed by atoms with van der Waals surface area (Å²) in [5.41, 5.74) is 3.53. The predicted octanol–water partition coefficient (Wildman–Crippen LogP) is 5.01. The van der Waals surface area contributed by atoms with Crippen LogP contribution in [-0.4, -0.2) is 0 Å². The van der Waals surface area contributed by atoms with E-state index in [1.165, 1.54) is 11.1 Å². The van der Waals surface area contributed by atoms with Gasteiger partial charge in [0, 0.05) is 16.0 Å². The molecule has 0 amide bonds. The average Bonchev–Trinajstić information content (AvgIpc) is 2.97. The molecule has 0 heterocycles. The molecule has 0 atom stereocenters. The molecule has 0 aliphatic heterocycles. The maximum Gasteiger partial charge on any atom is 0.194 e. The summed E-state index contributed by atoms with van der Waals surface area (Å²) in [7, 11) is 0. The lowest BCUT2D eigenvalue weighted by Crippen LogP contribution is -2.19. The van der Waals surface area contributed by atoms with Crippen molar-refractivity contribution < 1.29 is 0 Å². The summed E-state index contributed by atoms with van der Waals surface area (Å²) in [6, 6.07) is 30.7. The van der Waals surface area contributed by atoms with Gasteiger partial charge in [-0.05, 0) is 33.5 Å². The second-order valence-corrected chi connectivity index (χ2v) is 6.58. The first-order chi connectivity index (χ1) is 12.8. The largest absolute Gasteiger partial charge is 0.289 e. The predicted molar refractivity (Wildman–Crippen MR) is 110 cm³/mol. The molecule has 1 heteroatoms. The van der Waals surface area contributed by atoms with Gasteiger partial charge in [-0.15, -0.1) is 0 Å². The molecule has 0 spiro atoms. The van der Waals surface area contributed by atoms with E-state index >= 15 is 0 Å². The van der Waals surface area contributed by atoms with Crippen LogP contribution in [0.2, 0.25) is 0 Å². The van der Waals surface area contributed by atoms with Crippen LogP contribution < -0.4 is 10.6 Å². The third-order valence-corrected chi connectivity index (χ3v) is 5.01. The van der Waals surface area contributed by atoms with Gasteiger partial charge in [0.2, 0.25) is 0 Å². The van der Waals surface area contributed by atoms with Crippen molar-refractivity contribution >= 4 is 27.6 Å². The Morgan fingerprint density at radius 3 is 1.96 bits per heavy atom. The topological polar surface area (TPSA) is 17.1 Å². The molecule has 0 N–H and O–H groups in total. The molecule has 26 heavy (non-hydrogen) atoms. The molecule has 5 aromatic rings. The Hall–Kier alpha value is -3.45. The zero-order valence-electron chi connectivity index (χ0n) is 14.1. The van der Waals surface area contributed by atoms with Crippen LogP contribution in [0.15, 0.2) is 95.8 Å². The molecular weight excluding hydrogens is 316 g/mol. The summed E-state index contributed by atoms with van der Waals surface area (Å²) in [6.45, 7) is 0. The molecule has 122 valence electrons. The van der Waals surface area contributed by atoms with Crippen molar-refractivity contribution in [2.45, 2.75) is 0 Å². The van der Waals surface area contributed by atoms with E-state index in [4.69, 9.17) is 0 Å². The van der Waals surface area contributed by atoms with Crippen LogP contribution >= 0.6 is 0 Å². The highest BCUT2D eigenvalue weighted by atomic mass is 16.1. The van der Waals surface area contributed by atoms with Gasteiger partial charge in [0.15, 0.2) is 5.43 Å². The van der Waals surface area contributed by atoms with Gasteiger partial charge in [0.25, 0.3) is 0 Å². The first-order valence-electron chi connectivity index (χ1n) is 8.75. The monoisotopic (exact) mass is 332 g/mol. The van der Waals surface area contributed by atoms with Crippen LogP contribution in [0.3, 0.4) is 0 Å². The molecule has 1 nitrogen and oxygen atoms in total. The lowest BCUT2D eigenvalue weighted by molar-refractivity contribution is 1.58. The smallest absolute Gasteiger partial charge is 0.194 e. The van der Waals surface area contributed by atoms with Gasteiger partial charge in [-0.2, -0.15) is 0 Å². The van der Waals surface area contributed by atoms with Gasteiger partial charge >= 0.3 is 0 Å². The van der Waals surface area contributed by atoms with Gasteiger partial charge in [0.1, 0.15) is 0 Å². The molecule has 0 aromatic heterocycles. The lowest BCUT2D eigenvalue weighted by atomic mass is 10.0. The van der Waals surface area contributed by atoms with Crippen LogP contribution in [0.25, 0.3) is 38.7 Å². The Morgan fingerprint density at radius 2 is 1.23 bits per heavy atom. The van der Waals surface area contributed by atoms with E-state index in [0.717, 1.165) is 32.3 Å². The van der Waals surface area contributed by atoms with Crippen molar-refractivity contribution in [2.75, 3.05) is 0 Å². The van der Waals surface area contributed by atoms with Crippen LogP contribution in [0.4, 0.5) is 0 Å². The van der Waals surface area contributed by atoms with Gasteiger partial charge < -0.3 is 0 Å². The second-order valence-electron chi connectivity index (χ2n) is 6.58. The standard InChI is InChI=1S/C25H16O/c26-25-22-11-5-9-20-8-4-10-21(24(20)22)23(25)16-17-12-14-19(15-13-17)18-6-2-1-3-7-18/h1-16H. The fourth-order valence-electron chi connectivity index (χ4n) is 3.73. The second kappa shape index (κ2) is 5.82. The molecule has 5 rings (SSSR count). The fourth-order valence-corrected chi connectivity index (χ4v) is 3.73. The first kappa shape index (κ1) is 14.9. The zero-order valence-corrected chi connectivity index (χ0v) is 14.1. The quantitative estimate of drug-likeness (QED) is 0.444. The van der Waals surface area contributed by atoms with Crippen molar-refractivity contribution in [3.8, 4) is 11.1 Å². The van der Waals surface area contributed by atoms with E-state index in [1.54, 1.807) is 0 Å². The number of hydrogen-bond donors (Lipinski definition) is 0. The Labute approximate surface area is 151 Å². The molecule has 0 fully saturated rings. The molecular formula is C25H16O. The molecule has 0 saturated heterocycles. The molecule has 0 unspecified atom stereocenters. The Kier molecular flexibility index (Phi) is 3.32. The van der Waals surface area contributed by atoms with E-state index in [-0.39, 0.29) is 5.43 Å². The Morgan fingerprint density at radius 1 is 0.577 bits per heavy atom. The normalized spacial score (nSPS) is 12.2. The van der Waals surface area contributed by atoms with E-state index in [1.807, 2.05) is 48.5 Å². The summed E-state index contributed by atoms with van der Waals surface area (Å²) in [6.07, 6.45) is 2.01.